The summed E-state index contributed by atoms with van der Waals surface area (Å²) in [6, 6.07) is 16.0. The second kappa shape index (κ2) is 8.03. The highest BCUT2D eigenvalue weighted by Gasteiger charge is 2.31. The molecule has 1 atom stereocenters. The molecule has 2 fully saturated rings. The Bertz CT molecular complexity index is 1090. The van der Waals surface area contributed by atoms with Gasteiger partial charge in [0.1, 0.15) is 5.01 Å². The number of para-hydroxylation sites is 1. The van der Waals surface area contributed by atoms with E-state index in [-0.39, 0.29) is 17.9 Å². The lowest BCUT2D eigenvalue weighted by molar-refractivity contribution is -0.126. The van der Waals surface area contributed by atoms with Crippen molar-refractivity contribution >= 4 is 45.1 Å². The summed E-state index contributed by atoms with van der Waals surface area (Å²) in [5.41, 5.74) is 2.88. The van der Waals surface area contributed by atoms with Gasteiger partial charge in [-0.05, 0) is 55.2 Å². The Morgan fingerprint density at radius 2 is 1.90 bits per heavy atom. The standard InChI is InChI=1S/C24H23N3O2S/c28-22-8-4-15-26(22)18-12-9-17(10-13-18)11-14-23(29)27-16-3-6-20(27)24-25-19-5-1-2-7-21(19)30-24/h1-2,5,7,9-14,20H,3-4,6,8,15-16H2/b14-11+. The van der Waals surface area contributed by atoms with Crippen LogP contribution in [0, 0.1) is 0 Å². The van der Waals surface area contributed by atoms with E-state index < -0.39 is 0 Å². The van der Waals surface area contributed by atoms with Gasteiger partial charge in [-0.3, -0.25) is 9.59 Å². The summed E-state index contributed by atoms with van der Waals surface area (Å²) >= 11 is 1.68. The van der Waals surface area contributed by atoms with E-state index in [0.717, 1.165) is 54.1 Å². The number of rotatable bonds is 4. The number of amides is 2. The highest BCUT2D eigenvalue weighted by Crippen LogP contribution is 2.36. The molecule has 0 radical (unpaired) electrons. The molecule has 2 aliphatic rings. The number of hydrogen-bond acceptors (Lipinski definition) is 4. The molecular formula is C24H23N3O2S. The number of aromatic nitrogens is 1. The van der Waals surface area contributed by atoms with E-state index in [1.807, 2.05) is 58.3 Å². The first kappa shape index (κ1) is 19.0. The van der Waals surface area contributed by atoms with E-state index in [4.69, 9.17) is 4.98 Å². The third kappa shape index (κ3) is 3.63. The van der Waals surface area contributed by atoms with Gasteiger partial charge in [-0.1, -0.05) is 24.3 Å². The number of benzene rings is 2. The lowest BCUT2D eigenvalue weighted by atomic mass is 10.1. The van der Waals surface area contributed by atoms with Gasteiger partial charge < -0.3 is 9.80 Å². The van der Waals surface area contributed by atoms with Crippen LogP contribution >= 0.6 is 11.3 Å². The number of hydrogen-bond donors (Lipinski definition) is 0. The number of fused-ring (bicyclic) bond motifs is 1. The Balaban J connectivity index is 1.29. The van der Waals surface area contributed by atoms with Crippen LogP contribution in [0.25, 0.3) is 16.3 Å². The van der Waals surface area contributed by atoms with Crippen LogP contribution in [-0.2, 0) is 9.59 Å². The van der Waals surface area contributed by atoms with E-state index in [0.29, 0.717) is 6.42 Å². The summed E-state index contributed by atoms with van der Waals surface area (Å²) < 4.78 is 1.17. The maximum atomic E-state index is 12.9. The highest BCUT2D eigenvalue weighted by molar-refractivity contribution is 7.18. The fourth-order valence-corrected chi connectivity index (χ4v) is 5.38. The van der Waals surface area contributed by atoms with Crippen molar-refractivity contribution in [3.05, 3.63) is 65.2 Å². The van der Waals surface area contributed by atoms with Crippen molar-refractivity contribution in [2.45, 2.75) is 31.7 Å². The van der Waals surface area contributed by atoms with Crippen LogP contribution < -0.4 is 4.90 Å². The number of nitrogens with zero attached hydrogens (tertiary/aromatic N) is 3. The van der Waals surface area contributed by atoms with Crippen LogP contribution in [0.15, 0.2) is 54.6 Å². The van der Waals surface area contributed by atoms with Crippen LogP contribution in [0.3, 0.4) is 0 Å². The fourth-order valence-electron chi connectivity index (χ4n) is 4.27. The Labute approximate surface area is 179 Å². The normalized spacial score (nSPS) is 19.5. The van der Waals surface area contributed by atoms with Crippen molar-refractivity contribution in [1.29, 1.82) is 0 Å². The van der Waals surface area contributed by atoms with Crippen LogP contribution in [0.4, 0.5) is 5.69 Å². The largest absolute Gasteiger partial charge is 0.330 e. The summed E-state index contributed by atoms with van der Waals surface area (Å²) in [5.74, 6) is 0.207. The topological polar surface area (TPSA) is 53.5 Å². The maximum absolute atomic E-state index is 12.9. The highest BCUT2D eigenvalue weighted by atomic mass is 32.1. The molecule has 2 saturated heterocycles. The number of anilines is 1. The third-order valence-electron chi connectivity index (χ3n) is 5.83. The first-order chi connectivity index (χ1) is 14.7. The van der Waals surface area contributed by atoms with E-state index >= 15 is 0 Å². The van der Waals surface area contributed by atoms with Crippen LogP contribution in [0.2, 0.25) is 0 Å². The monoisotopic (exact) mass is 417 g/mol. The molecule has 1 aromatic heterocycles. The molecule has 0 N–H and O–H groups in total. The second-order valence-electron chi connectivity index (χ2n) is 7.78. The van der Waals surface area contributed by atoms with E-state index in [1.54, 1.807) is 17.4 Å². The van der Waals surface area contributed by atoms with Gasteiger partial charge in [0.2, 0.25) is 11.8 Å². The van der Waals surface area contributed by atoms with Gasteiger partial charge in [-0.25, -0.2) is 4.98 Å². The van der Waals surface area contributed by atoms with Gasteiger partial charge in [-0.15, -0.1) is 11.3 Å². The Morgan fingerprint density at radius 3 is 2.67 bits per heavy atom. The molecule has 2 aliphatic heterocycles. The SMILES string of the molecule is O=C1CCCN1c1ccc(/C=C/C(=O)N2CCCC2c2nc3ccccc3s2)cc1. The molecule has 5 nitrogen and oxygen atoms in total. The summed E-state index contributed by atoms with van der Waals surface area (Å²) in [6.45, 7) is 1.55. The molecule has 5 rings (SSSR count). The van der Waals surface area contributed by atoms with E-state index in [2.05, 4.69) is 6.07 Å². The third-order valence-corrected chi connectivity index (χ3v) is 6.97. The Kier molecular flexibility index (Phi) is 5.09. The van der Waals surface area contributed by atoms with Gasteiger partial charge in [0, 0.05) is 31.3 Å². The van der Waals surface area contributed by atoms with Crippen molar-refractivity contribution in [1.82, 2.24) is 9.88 Å². The van der Waals surface area contributed by atoms with E-state index in [1.165, 1.54) is 4.70 Å². The van der Waals surface area contributed by atoms with Crippen molar-refractivity contribution in [3.8, 4) is 0 Å². The Morgan fingerprint density at radius 1 is 1.07 bits per heavy atom. The minimum atomic E-state index is 0.0237. The Hall–Kier alpha value is -2.99. The molecule has 1 unspecified atom stereocenters. The molecule has 6 heteroatoms. The quantitative estimate of drug-likeness (QED) is 0.573. The van der Waals surface area contributed by atoms with E-state index in [9.17, 15) is 9.59 Å². The summed E-state index contributed by atoms with van der Waals surface area (Å²) in [7, 11) is 0. The first-order valence-electron chi connectivity index (χ1n) is 10.4. The zero-order valence-corrected chi connectivity index (χ0v) is 17.5. The zero-order chi connectivity index (χ0) is 20.5. The molecule has 2 amide bonds. The van der Waals surface area contributed by atoms with Gasteiger partial charge in [0.25, 0.3) is 0 Å². The number of thiazole rings is 1. The average Bonchev–Trinajstić information content (AvgIpc) is 3.51. The summed E-state index contributed by atoms with van der Waals surface area (Å²) in [4.78, 5) is 33.3. The molecule has 0 bridgehead atoms. The van der Waals surface area contributed by atoms with Crippen LogP contribution in [0.5, 0.6) is 0 Å². The average molecular weight is 418 g/mol. The van der Waals surface area contributed by atoms with Crippen molar-refractivity contribution in [2.75, 3.05) is 18.0 Å². The summed E-state index contributed by atoms with van der Waals surface area (Å²) in [6.07, 6.45) is 7.01. The van der Waals surface area contributed by atoms with Crippen LogP contribution in [0.1, 0.15) is 42.3 Å². The fraction of sp³-hybridized carbons (Fsp3) is 0.292. The van der Waals surface area contributed by atoms with Crippen molar-refractivity contribution in [3.63, 3.8) is 0 Å². The molecule has 0 aliphatic carbocycles. The van der Waals surface area contributed by atoms with Gasteiger partial charge in [0.15, 0.2) is 0 Å². The lowest BCUT2D eigenvalue weighted by Crippen LogP contribution is -2.28. The lowest BCUT2D eigenvalue weighted by Gasteiger charge is -2.21. The number of likely N-dealkylation sites (tertiary alicyclic amines) is 1. The maximum Gasteiger partial charge on any atom is 0.247 e. The molecule has 3 aromatic rings. The smallest absolute Gasteiger partial charge is 0.247 e. The molecule has 0 saturated carbocycles. The minimum absolute atomic E-state index is 0.0237. The van der Waals surface area contributed by atoms with Crippen molar-refractivity contribution in [2.24, 2.45) is 0 Å². The first-order valence-corrected chi connectivity index (χ1v) is 11.3. The molecule has 30 heavy (non-hydrogen) atoms. The molecular weight excluding hydrogens is 394 g/mol. The summed E-state index contributed by atoms with van der Waals surface area (Å²) in [5, 5.41) is 1.02. The number of carbonyl (C=O) groups is 2. The van der Waals surface area contributed by atoms with Gasteiger partial charge >= 0.3 is 0 Å². The minimum Gasteiger partial charge on any atom is -0.330 e. The second-order valence-corrected chi connectivity index (χ2v) is 8.85. The molecule has 2 aromatic carbocycles. The number of carbonyl (C=O) groups excluding carboxylic acids is 2. The molecule has 152 valence electrons. The predicted octanol–water partition coefficient (Wildman–Crippen LogP) is 4.80. The molecule has 0 spiro atoms. The molecule has 3 heterocycles. The van der Waals surface area contributed by atoms with Crippen molar-refractivity contribution < 1.29 is 9.59 Å². The zero-order valence-electron chi connectivity index (χ0n) is 16.7. The van der Waals surface area contributed by atoms with Gasteiger partial charge in [0.05, 0.1) is 16.3 Å². The van der Waals surface area contributed by atoms with Crippen LogP contribution in [-0.4, -0.2) is 34.8 Å². The van der Waals surface area contributed by atoms with Gasteiger partial charge in [-0.2, -0.15) is 0 Å². The predicted molar refractivity (Wildman–Crippen MR) is 120 cm³/mol.